The zero-order chi connectivity index (χ0) is 25.0. The van der Waals surface area contributed by atoms with Crippen LogP contribution in [0.1, 0.15) is 27.0 Å². The standard InChI is InChI=1S/C23H27Cl2NO8.ClH/c1-11-14(16(28)10-33-22-20(30)19(29)17(8-27)34-23(22)31)6-15(24)21(18(11)25)32-9-13-4-2-3-12(5-13)7-26;/h2-6,17,19-20,22-23,27,29-31H,7-10,26H2,1H3;1H/t17-,19-,20+,22-,23+;/m1./s1. The monoisotopic (exact) mass is 551 g/mol. The largest absolute Gasteiger partial charge is 0.486 e. The van der Waals surface area contributed by atoms with Gasteiger partial charge in [0.2, 0.25) is 0 Å². The molecule has 1 aliphatic rings. The molecule has 1 heterocycles. The van der Waals surface area contributed by atoms with Crippen LogP contribution in [0.15, 0.2) is 30.3 Å². The number of ether oxygens (including phenoxy) is 3. The van der Waals surface area contributed by atoms with Gasteiger partial charge >= 0.3 is 0 Å². The third kappa shape index (κ3) is 6.84. The van der Waals surface area contributed by atoms with Gasteiger partial charge in [-0.3, -0.25) is 4.79 Å². The van der Waals surface area contributed by atoms with E-state index in [1.807, 2.05) is 24.3 Å². The highest BCUT2D eigenvalue weighted by Gasteiger charge is 2.44. The van der Waals surface area contributed by atoms with Gasteiger partial charge in [-0.25, -0.2) is 0 Å². The van der Waals surface area contributed by atoms with E-state index in [-0.39, 0.29) is 40.4 Å². The number of carbonyl (C=O) groups is 1. The van der Waals surface area contributed by atoms with Gasteiger partial charge in [-0.2, -0.15) is 0 Å². The van der Waals surface area contributed by atoms with Crippen molar-refractivity contribution in [2.45, 2.75) is 50.8 Å². The fourth-order valence-electron chi connectivity index (χ4n) is 3.62. The van der Waals surface area contributed by atoms with Crippen LogP contribution in [-0.4, -0.2) is 70.1 Å². The first-order valence-electron chi connectivity index (χ1n) is 10.5. The smallest absolute Gasteiger partial charge is 0.188 e. The van der Waals surface area contributed by atoms with E-state index in [9.17, 15) is 20.1 Å². The number of hydrogen-bond acceptors (Lipinski definition) is 9. The van der Waals surface area contributed by atoms with Crippen molar-refractivity contribution in [1.29, 1.82) is 0 Å². The molecular weight excluding hydrogens is 525 g/mol. The van der Waals surface area contributed by atoms with E-state index in [1.54, 1.807) is 6.92 Å². The molecule has 1 saturated heterocycles. The van der Waals surface area contributed by atoms with Crippen LogP contribution in [0.5, 0.6) is 5.75 Å². The van der Waals surface area contributed by atoms with Crippen LogP contribution in [-0.2, 0) is 22.6 Å². The van der Waals surface area contributed by atoms with Crippen molar-refractivity contribution >= 4 is 41.4 Å². The van der Waals surface area contributed by atoms with Crippen molar-refractivity contribution < 1.29 is 39.4 Å². The van der Waals surface area contributed by atoms with Crippen LogP contribution in [0.2, 0.25) is 10.0 Å². The summed E-state index contributed by atoms with van der Waals surface area (Å²) in [6.45, 7) is 1.05. The molecule has 2 aromatic carbocycles. The average Bonchev–Trinajstić information content (AvgIpc) is 2.83. The molecule has 0 amide bonds. The second-order valence-electron chi connectivity index (χ2n) is 7.91. The normalized spacial score (nSPS) is 24.1. The first-order chi connectivity index (χ1) is 16.2. The molecule has 0 aromatic heterocycles. The summed E-state index contributed by atoms with van der Waals surface area (Å²) in [6, 6.07) is 8.95. The lowest BCUT2D eigenvalue weighted by molar-refractivity contribution is -0.294. The van der Waals surface area contributed by atoms with E-state index in [0.29, 0.717) is 12.1 Å². The van der Waals surface area contributed by atoms with Gasteiger partial charge in [0, 0.05) is 12.1 Å². The molecule has 3 rings (SSSR count). The Morgan fingerprint density at radius 3 is 2.49 bits per heavy atom. The first-order valence-corrected chi connectivity index (χ1v) is 11.3. The van der Waals surface area contributed by atoms with E-state index in [0.717, 1.165) is 11.1 Å². The molecule has 35 heavy (non-hydrogen) atoms. The molecule has 5 atom stereocenters. The fraction of sp³-hybridized carbons (Fsp3) is 0.435. The number of aliphatic hydroxyl groups excluding tert-OH is 4. The Morgan fingerprint density at radius 1 is 1.14 bits per heavy atom. The minimum absolute atomic E-state index is 0. The van der Waals surface area contributed by atoms with Gasteiger partial charge in [0.05, 0.1) is 16.7 Å². The van der Waals surface area contributed by atoms with Gasteiger partial charge < -0.3 is 40.4 Å². The topological polar surface area (TPSA) is 152 Å². The van der Waals surface area contributed by atoms with Gasteiger partial charge in [-0.15, -0.1) is 12.4 Å². The third-order valence-corrected chi connectivity index (χ3v) is 6.32. The number of hydrogen-bond donors (Lipinski definition) is 5. The number of benzene rings is 2. The maximum Gasteiger partial charge on any atom is 0.188 e. The molecule has 0 radical (unpaired) electrons. The van der Waals surface area contributed by atoms with Crippen LogP contribution >= 0.6 is 35.6 Å². The summed E-state index contributed by atoms with van der Waals surface area (Å²) in [4.78, 5) is 12.8. The molecule has 0 saturated carbocycles. The molecule has 0 aliphatic carbocycles. The summed E-state index contributed by atoms with van der Waals surface area (Å²) < 4.78 is 16.2. The average molecular weight is 553 g/mol. The van der Waals surface area contributed by atoms with Crippen LogP contribution in [0.25, 0.3) is 0 Å². The van der Waals surface area contributed by atoms with Crippen LogP contribution in [0.4, 0.5) is 0 Å². The molecule has 12 heteroatoms. The Hall–Kier alpha value is -1.50. The van der Waals surface area contributed by atoms with E-state index in [4.69, 9.17) is 48.3 Å². The van der Waals surface area contributed by atoms with E-state index in [1.165, 1.54) is 6.07 Å². The van der Waals surface area contributed by atoms with Gasteiger partial charge in [0.25, 0.3) is 0 Å². The molecular formula is C23H28Cl3NO8. The van der Waals surface area contributed by atoms with Gasteiger partial charge in [-0.1, -0.05) is 47.5 Å². The molecule has 194 valence electrons. The Kier molecular flexibility index (Phi) is 11.2. The lowest BCUT2D eigenvalue weighted by Gasteiger charge is -2.39. The molecule has 9 nitrogen and oxygen atoms in total. The van der Waals surface area contributed by atoms with E-state index < -0.39 is 49.7 Å². The number of rotatable bonds is 9. The van der Waals surface area contributed by atoms with Gasteiger partial charge in [-0.05, 0) is 29.7 Å². The SMILES string of the molecule is Cc1c(C(=O)CO[C@@H]2[C@@H](O)[C@H](O)[C@@H](CO)O[C@@H]2O)cc(Cl)c(OCc2cccc(CN)c2)c1Cl.Cl. The van der Waals surface area contributed by atoms with Crippen molar-refractivity contribution in [3.05, 3.63) is 62.6 Å². The summed E-state index contributed by atoms with van der Waals surface area (Å²) in [5.41, 5.74) is 8.07. The predicted molar refractivity (Wildman–Crippen MR) is 131 cm³/mol. The lowest BCUT2D eigenvalue weighted by atomic mass is 9.99. The molecule has 1 aliphatic heterocycles. The maximum atomic E-state index is 12.8. The minimum Gasteiger partial charge on any atom is -0.486 e. The van der Waals surface area contributed by atoms with Crippen molar-refractivity contribution in [1.82, 2.24) is 0 Å². The second kappa shape index (κ2) is 13.2. The number of ketones is 1. The lowest BCUT2D eigenvalue weighted by Crippen LogP contribution is -2.59. The number of Topliss-reactive ketones (excluding diaryl/α,β-unsaturated/α-hetero) is 1. The zero-order valence-electron chi connectivity index (χ0n) is 18.8. The van der Waals surface area contributed by atoms with Gasteiger partial charge in [0.1, 0.15) is 37.6 Å². The van der Waals surface area contributed by atoms with Crippen LogP contribution < -0.4 is 10.5 Å². The highest BCUT2D eigenvalue weighted by Crippen LogP contribution is 2.38. The summed E-state index contributed by atoms with van der Waals surface area (Å²) in [5, 5.41) is 39.5. The number of halogens is 3. The van der Waals surface area contributed by atoms with Crippen molar-refractivity contribution in [3.8, 4) is 5.75 Å². The zero-order valence-corrected chi connectivity index (χ0v) is 21.1. The maximum absolute atomic E-state index is 12.8. The highest BCUT2D eigenvalue weighted by atomic mass is 35.5. The summed E-state index contributed by atoms with van der Waals surface area (Å²) in [7, 11) is 0. The minimum atomic E-state index is -1.65. The summed E-state index contributed by atoms with van der Waals surface area (Å²) in [5.74, 6) is -0.303. The van der Waals surface area contributed by atoms with Crippen LogP contribution in [0, 0.1) is 6.92 Å². The van der Waals surface area contributed by atoms with Crippen molar-refractivity contribution in [2.24, 2.45) is 5.73 Å². The molecule has 2 aromatic rings. The first kappa shape index (κ1) is 29.7. The summed E-state index contributed by atoms with van der Waals surface area (Å²) in [6.07, 6.45) is -7.30. The Morgan fingerprint density at radius 2 is 1.83 bits per heavy atom. The Balaban J connectivity index is 0.00000432. The Bertz CT molecular complexity index is 1020. The molecule has 6 N–H and O–H groups in total. The number of aliphatic hydroxyl groups is 4. The Labute approximate surface area is 218 Å². The second-order valence-corrected chi connectivity index (χ2v) is 8.70. The molecule has 0 bridgehead atoms. The number of carbonyl (C=O) groups excluding carboxylic acids is 1. The fourth-order valence-corrected chi connectivity index (χ4v) is 4.18. The van der Waals surface area contributed by atoms with Crippen molar-refractivity contribution in [3.63, 3.8) is 0 Å². The highest BCUT2D eigenvalue weighted by molar-refractivity contribution is 6.38. The van der Waals surface area contributed by atoms with Gasteiger partial charge in [0.15, 0.2) is 17.8 Å². The van der Waals surface area contributed by atoms with Crippen molar-refractivity contribution in [2.75, 3.05) is 13.2 Å². The van der Waals surface area contributed by atoms with E-state index >= 15 is 0 Å². The molecule has 0 spiro atoms. The van der Waals surface area contributed by atoms with E-state index in [2.05, 4.69) is 0 Å². The van der Waals surface area contributed by atoms with Crippen LogP contribution in [0.3, 0.4) is 0 Å². The number of nitrogens with two attached hydrogens (primary N) is 1. The summed E-state index contributed by atoms with van der Waals surface area (Å²) >= 11 is 12.8. The molecule has 0 unspecified atom stereocenters. The predicted octanol–water partition coefficient (Wildman–Crippen LogP) is 1.76. The molecule has 1 fully saturated rings. The quantitative estimate of drug-likeness (QED) is 0.293. The third-order valence-electron chi connectivity index (χ3n) is 5.58.